The number of rotatable bonds is 3. The van der Waals surface area contributed by atoms with Crippen molar-refractivity contribution in [2.45, 2.75) is 24.8 Å². The van der Waals surface area contributed by atoms with Crippen molar-refractivity contribution in [2.24, 2.45) is 0 Å². The van der Waals surface area contributed by atoms with Crippen LogP contribution in [0.2, 0.25) is 0 Å². The molecule has 0 saturated heterocycles. The van der Waals surface area contributed by atoms with Crippen molar-refractivity contribution in [1.82, 2.24) is 0 Å². The van der Waals surface area contributed by atoms with Gasteiger partial charge in [-0.1, -0.05) is 18.2 Å². The molecule has 0 fully saturated rings. The maximum Gasteiger partial charge on any atom is 0.129 e. The molecule has 0 amide bonds. The van der Waals surface area contributed by atoms with E-state index in [9.17, 15) is 9.50 Å². The van der Waals surface area contributed by atoms with Gasteiger partial charge in [0.25, 0.3) is 0 Å². The van der Waals surface area contributed by atoms with Crippen molar-refractivity contribution < 1.29 is 9.50 Å². The van der Waals surface area contributed by atoms with Crippen LogP contribution in [0.15, 0.2) is 41.3 Å². The molecule has 1 atom stereocenters. The highest BCUT2D eigenvalue weighted by molar-refractivity contribution is 7.98. The summed E-state index contributed by atoms with van der Waals surface area (Å²) in [5, 5.41) is 10.4. The molecule has 0 aromatic heterocycles. The van der Waals surface area contributed by atoms with Gasteiger partial charge in [-0.2, -0.15) is 0 Å². The number of aryl methyl sites for hydroxylation is 2. The van der Waals surface area contributed by atoms with E-state index in [1.807, 2.05) is 50.4 Å². The standard InChI is InChI=1S/C16H17FOS/c1-10-8-11(2)15(14(17)9-10)16(18)12-4-6-13(19-3)7-5-12/h4-9,16,18H,1-3H3. The molecule has 3 heteroatoms. The molecule has 1 unspecified atom stereocenters. The monoisotopic (exact) mass is 276 g/mol. The lowest BCUT2D eigenvalue weighted by Crippen LogP contribution is -2.05. The van der Waals surface area contributed by atoms with Crippen LogP contribution in [0.3, 0.4) is 0 Å². The summed E-state index contributed by atoms with van der Waals surface area (Å²) in [7, 11) is 0. The molecule has 0 saturated carbocycles. The molecule has 0 radical (unpaired) electrons. The number of aliphatic hydroxyl groups excluding tert-OH is 1. The fourth-order valence-electron chi connectivity index (χ4n) is 2.23. The van der Waals surface area contributed by atoms with Crippen LogP contribution in [0, 0.1) is 19.7 Å². The summed E-state index contributed by atoms with van der Waals surface area (Å²) in [6.45, 7) is 3.67. The molecule has 1 nitrogen and oxygen atoms in total. The van der Waals surface area contributed by atoms with Gasteiger partial charge >= 0.3 is 0 Å². The quantitative estimate of drug-likeness (QED) is 0.846. The van der Waals surface area contributed by atoms with E-state index >= 15 is 0 Å². The normalized spacial score (nSPS) is 12.5. The molecular formula is C16H17FOS. The SMILES string of the molecule is CSc1ccc(C(O)c2c(C)cc(C)cc2F)cc1. The molecule has 0 aliphatic carbocycles. The summed E-state index contributed by atoms with van der Waals surface area (Å²) < 4.78 is 14.0. The van der Waals surface area contributed by atoms with E-state index in [4.69, 9.17) is 0 Å². The van der Waals surface area contributed by atoms with Crippen LogP contribution >= 0.6 is 11.8 Å². The van der Waals surface area contributed by atoms with Gasteiger partial charge in [0.05, 0.1) is 0 Å². The molecule has 100 valence electrons. The van der Waals surface area contributed by atoms with E-state index in [-0.39, 0.29) is 5.82 Å². The van der Waals surface area contributed by atoms with Crippen LogP contribution in [-0.4, -0.2) is 11.4 Å². The molecule has 0 aliphatic rings. The van der Waals surface area contributed by atoms with Gasteiger partial charge in [-0.3, -0.25) is 0 Å². The van der Waals surface area contributed by atoms with Crippen LogP contribution < -0.4 is 0 Å². The molecular weight excluding hydrogens is 259 g/mol. The lowest BCUT2D eigenvalue weighted by Gasteiger charge is -2.16. The minimum Gasteiger partial charge on any atom is -0.384 e. The first-order chi connectivity index (χ1) is 9.02. The van der Waals surface area contributed by atoms with E-state index in [1.54, 1.807) is 11.8 Å². The first-order valence-corrected chi connectivity index (χ1v) is 7.34. The number of aliphatic hydroxyl groups is 1. The smallest absolute Gasteiger partial charge is 0.129 e. The Hall–Kier alpha value is -1.32. The van der Waals surface area contributed by atoms with Crippen LogP contribution in [0.4, 0.5) is 4.39 Å². The van der Waals surface area contributed by atoms with Gasteiger partial charge in [-0.15, -0.1) is 11.8 Å². The second-order valence-electron chi connectivity index (χ2n) is 4.65. The Labute approximate surface area is 117 Å². The molecule has 0 bridgehead atoms. The minimum absolute atomic E-state index is 0.348. The van der Waals surface area contributed by atoms with E-state index in [1.165, 1.54) is 6.07 Å². The zero-order valence-corrected chi connectivity index (χ0v) is 12.1. The maximum atomic E-state index is 14.0. The number of benzene rings is 2. The zero-order chi connectivity index (χ0) is 14.0. The lowest BCUT2D eigenvalue weighted by molar-refractivity contribution is 0.214. The molecule has 2 aromatic rings. The van der Waals surface area contributed by atoms with E-state index in [2.05, 4.69) is 0 Å². The molecule has 1 N–H and O–H groups in total. The van der Waals surface area contributed by atoms with Crippen LogP contribution in [0.25, 0.3) is 0 Å². The highest BCUT2D eigenvalue weighted by Gasteiger charge is 2.17. The van der Waals surface area contributed by atoms with Crippen molar-refractivity contribution in [2.75, 3.05) is 6.26 Å². The summed E-state index contributed by atoms with van der Waals surface area (Å²) >= 11 is 1.64. The highest BCUT2D eigenvalue weighted by Crippen LogP contribution is 2.29. The van der Waals surface area contributed by atoms with Crippen LogP contribution in [-0.2, 0) is 0 Å². The van der Waals surface area contributed by atoms with Gasteiger partial charge < -0.3 is 5.11 Å². The Morgan fingerprint density at radius 2 is 1.74 bits per heavy atom. The Bertz CT molecular complexity index is 555. The Kier molecular flexibility index (Phi) is 4.27. The van der Waals surface area contributed by atoms with Crippen LogP contribution in [0.5, 0.6) is 0 Å². The fourth-order valence-corrected chi connectivity index (χ4v) is 2.63. The molecule has 0 aliphatic heterocycles. The molecule has 0 heterocycles. The second kappa shape index (κ2) is 5.76. The third-order valence-electron chi connectivity index (χ3n) is 3.19. The predicted octanol–water partition coefficient (Wildman–Crippen LogP) is 4.25. The third kappa shape index (κ3) is 2.99. The molecule has 0 spiro atoms. The topological polar surface area (TPSA) is 20.2 Å². The van der Waals surface area contributed by atoms with Gasteiger partial charge in [0, 0.05) is 10.5 Å². The Morgan fingerprint density at radius 1 is 1.11 bits per heavy atom. The summed E-state index contributed by atoms with van der Waals surface area (Å²) in [5.41, 5.74) is 2.72. The minimum atomic E-state index is -0.920. The second-order valence-corrected chi connectivity index (χ2v) is 5.53. The first kappa shape index (κ1) is 14.1. The number of thioether (sulfide) groups is 1. The van der Waals surface area contributed by atoms with Gasteiger partial charge in [0.2, 0.25) is 0 Å². The van der Waals surface area contributed by atoms with E-state index < -0.39 is 6.10 Å². The first-order valence-electron chi connectivity index (χ1n) is 6.11. The average Bonchev–Trinajstić information content (AvgIpc) is 2.37. The molecule has 19 heavy (non-hydrogen) atoms. The van der Waals surface area contributed by atoms with Gasteiger partial charge in [-0.05, 0) is 55.0 Å². The number of hydrogen-bond donors (Lipinski definition) is 1. The van der Waals surface area contributed by atoms with Gasteiger partial charge in [0.15, 0.2) is 0 Å². The molecule has 2 aromatic carbocycles. The summed E-state index contributed by atoms with van der Waals surface area (Å²) in [4.78, 5) is 1.12. The van der Waals surface area contributed by atoms with Crippen molar-refractivity contribution in [3.05, 3.63) is 64.5 Å². The summed E-state index contributed by atoms with van der Waals surface area (Å²) in [6, 6.07) is 10.9. The Balaban J connectivity index is 2.40. The summed E-state index contributed by atoms with van der Waals surface area (Å²) in [5.74, 6) is -0.348. The van der Waals surface area contributed by atoms with Gasteiger partial charge in [-0.25, -0.2) is 4.39 Å². The zero-order valence-electron chi connectivity index (χ0n) is 11.3. The predicted molar refractivity (Wildman–Crippen MR) is 78.2 cm³/mol. The van der Waals surface area contributed by atoms with E-state index in [0.717, 1.165) is 16.0 Å². The molecule has 2 rings (SSSR count). The number of halogens is 1. The van der Waals surface area contributed by atoms with Crippen LogP contribution in [0.1, 0.15) is 28.4 Å². The van der Waals surface area contributed by atoms with Crippen molar-refractivity contribution in [3.8, 4) is 0 Å². The van der Waals surface area contributed by atoms with E-state index in [0.29, 0.717) is 11.1 Å². The summed E-state index contributed by atoms with van der Waals surface area (Å²) in [6.07, 6.45) is 1.08. The van der Waals surface area contributed by atoms with Crippen molar-refractivity contribution in [1.29, 1.82) is 0 Å². The van der Waals surface area contributed by atoms with Crippen molar-refractivity contribution in [3.63, 3.8) is 0 Å². The largest absolute Gasteiger partial charge is 0.384 e. The number of hydrogen-bond acceptors (Lipinski definition) is 2. The fraction of sp³-hybridized carbons (Fsp3) is 0.250. The van der Waals surface area contributed by atoms with Gasteiger partial charge in [0.1, 0.15) is 11.9 Å². The maximum absolute atomic E-state index is 14.0. The highest BCUT2D eigenvalue weighted by atomic mass is 32.2. The van der Waals surface area contributed by atoms with Crippen molar-refractivity contribution >= 4 is 11.8 Å². The average molecular weight is 276 g/mol. The Morgan fingerprint density at radius 3 is 2.26 bits per heavy atom. The third-order valence-corrected chi connectivity index (χ3v) is 3.93. The lowest BCUT2D eigenvalue weighted by atomic mass is 9.95.